The Morgan fingerprint density at radius 2 is 1.72 bits per heavy atom. The zero-order valence-electron chi connectivity index (χ0n) is 21.5. The minimum absolute atomic E-state index is 0.00543. The van der Waals surface area contributed by atoms with Gasteiger partial charge in [0.15, 0.2) is 17.3 Å². The smallest absolute Gasteiger partial charge is 0.336 e. The van der Waals surface area contributed by atoms with Crippen molar-refractivity contribution < 1.29 is 28.5 Å². The van der Waals surface area contributed by atoms with Gasteiger partial charge in [-0.2, -0.15) is 0 Å². The van der Waals surface area contributed by atoms with E-state index in [1.165, 1.54) is 0 Å². The van der Waals surface area contributed by atoms with Crippen LogP contribution in [0.25, 0.3) is 0 Å². The molecule has 1 N–H and O–H groups in total. The normalized spacial score (nSPS) is 19.4. The first-order chi connectivity index (χ1) is 17.4. The molecule has 0 bridgehead atoms. The minimum atomic E-state index is -0.568. The summed E-state index contributed by atoms with van der Waals surface area (Å²) in [5, 5.41) is 3.38. The summed E-state index contributed by atoms with van der Waals surface area (Å²) in [5.41, 5.74) is 4.34. The van der Waals surface area contributed by atoms with Gasteiger partial charge in [0.1, 0.15) is 5.75 Å². The lowest BCUT2D eigenvalue weighted by atomic mass is 9.71. The number of para-hydroxylation sites is 1. The Morgan fingerprint density at radius 1 is 0.972 bits per heavy atom. The fraction of sp³-hybridized carbons (Fsp3) is 0.379. The van der Waals surface area contributed by atoms with Crippen molar-refractivity contribution in [2.75, 3.05) is 27.4 Å². The molecule has 2 aromatic rings. The van der Waals surface area contributed by atoms with E-state index in [0.717, 1.165) is 16.8 Å². The number of carbonyl (C=O) groups is 2. The van der Waals surface area contributed by atoms with Gasteiger partial charge in [0.05, 0.1) is 38.9 Å². The Kier molecular flexibility index (Phi) is 7.67. The number of esters is 1. The minimum Gasteiger partial charge on any atom is -0.494 e. The average molecular weight is 492 g/mol. The molecule has 0 radical (unpaired) electrons. The van der Waals surface area contributed by atoms with Gasteiger partial charge in [-0.05, 0) is 56.9 Å². The van der Waals surface area contributed by atoms with Crippen LogP contribution in [0.3, 0.4) is 0 Å². The molecule has 2 aliphatic rings. The molecule has 0 saturated heterocycles. The molecule has 190 valence electrons. The van der Waals surface area contributed by atoms with E-state index in [4.69, 9.17) is 18.9 Å². The lowest BCUT2D eigenvalue weighted by Gasteiger charge is -2.37. The van der Waals surface area contributed by atoms with Crippen molar-refractivity contribution in [1.82, 2.24) is 5.32 Å². The van der Waals surface area contributed by atoms with Gasteiger partial charge in [0.2, 0.25) is 0 Å². The number of rotatable bonds is 8. The summed E-state index contributed by atoms with van der Waals surface area (Å²) in [6.07, 6.45) is 0.940. The van der Waals surface area contributed by atoms with Crippen molar-refractivity contribution >= 4 is 11.8 Å². The molecule has 7 heteroatoms. The molecular weight excluding hydrogens is 458 g/mol. The quantitative estimate of drug-likeness (QED) is 0.519. The van der Waals surface area contributed by atoms with Crippen LogP contribution in [0.5, 0.6) is 17.2 Å². The molecule has 0 saturated carbocycles. The highest BCUT2D eigenvalue weighted by Gasteiger charge is 2.42. The first-order valence-electron chi connectivity index (χ1n) is 12.3. The molecule has 0 aromatic heterocycles. The summed E-state index contributed by atoms with van der Waals surface area (Å²) in [6.45, 7) is 6.27. The summed E-state index contributed by atoms with van der Waals surface area (Å²) >= 11 is 0. The Balaban J connectivity index is 1.81. The van der Waals surface area contributed by atoms with Crippen molar-refractivity contribution in [3.8, 4) is 17.2 Å². The number of nitrogens with one attached hydrogen (secondary N) is 1. The van der Waals surface area contributed by atoms with E-state index in [1.807, 2.05) is 56.3 Å². The third kappa shape index (κ3) is 4.70. The van der Waals surface area contributed by atoms with Crippen molar-refractivity contribution in [2.45, 2.75) is 45.4 Å². The SMILES string of the molecule is CCOC(=O)C1=C(C)NC2=C(C(=O)CC(c3ccc(OC)c(OC)c3)C2)C1c1ccccc1OCC. The number of ketones is 1. The van der Waals surface area contributed by atoms with E-state index in [-0.39, 0.29) is 18.3 Å². The van der Waals surface area contributed by atoms with Gasteiger partial charge < -0.3 is 24.3 Å². The van der Waals surface area contributed by atoms with Crippen molar-refractivity contribution in [3.63, 3.8) is 0 Å². The molecule has 1 aliphatic carbocycles. The maximum atomic E-state index is 13.8. The lowest BCUT2D eigenvalue weighted by molar-refractivity contribution is -0.138. The Labute approximate surface area is 212 Å². The average Bonchev–Trinajstić information content (AvgIpc) is 2.88. The fourth-order valence-electron chi connectivity index (χ4n) is 5.18. The van der Waals surface area contributed by atoms with Crippen LogP contribution in [-0.4, -0.2) is 39.2 Å². The number of benzene rings is 2. The topological polar surface area (TPSA) is 83.1 Å². The predicted octanol–water partition coefficient (Wildman–Crippen LogP) is 5.03. The third-order valence-corrected chi connectivity index (χ3v) is 6.73. The highest BCUT2D eigenvalue weighted by Crippen LogP contribution is 2.48. The van der Waals surface area contributed by atoms with Gasteiger partial charge in [0, 0.05) is 29.0 Å². The standard InChI is InChI=1S/C29H33NO6/c1-6-35-23-11-9-8-10-20(23)27-26(29(32)36-7-2)17(3)30-21-14-19(15-22(31)28(21)27)18-12-13-24(33-4)25(16-18)34-5/h8-13,16,19,27,30H,6-7,14-15H2,1-5H3. The number of Topliss-reactive ketones (excluding diaryl/α,β-unsaturated/α-hetero) is 1. The molecule has 2 unspecified atom stereocenters. The number of methoxy groups -OCH3 is 2. The van der Waals surface area contributed by atoms with E-state index in [2.05, 4.69) is 5.32 Å². The van der Waals surface area contributed by atoms with Crippen molar-refractivity contribution in [3.05, 3.63) is 76.1 Å². The summed E-state index contributed by atoms with van der Waals surface area (Å²) in [6, 6.07) is 13.4. The molecule has 36 heavy (non-hydrogen) atoms. The van der Waals surface area contributed by atoms with Crippen LogP contribution in [0.1, 0.15) is 56.6 Å². The second-order valence-electron chi connectivity index (χ2n) is 8.82. The maximum absolute atomic E-state index is 13.8. The van der Waals surface area contributed by atoms with Gasteiger partial charge in [-0.15, -0.1) is 0 Å². The number of hydrogen-bond acceptors (Lipinski definition) is 7. The number of carbonyl (C=O) groups excluding carboxylic acids is 2. The van der Waals surface area contributed by atoms with Gasteiger partial charge in [0.25, 0.3) is 0 Å². The summed E-state index contributed by atoms with van der Waals surface area (Å²) in [4.78, 5) is 26.9. The molecule has 2 atom stereocenters. The molecule has 4 rings (SSSR count). The van der Waals surface area contributed by atoms with Crippen LogP contribution in [0.4, 0.5) is 0 Å². The van der Waals surface area contributed by atoms with Crippen LogP contribution in [-0.2, 0) is 14.3 Å². The lowest BCUT2D eigenvalue weighted by Crippen LogP contribution is -2.36. The van der Waals surface area contributed by atoms with Gasteiger partial charge in [-0.1, -0.05) is 24.3 Å². The Hall–Kier alpha value is -3.74. The summed E-state index contributed by atoms with van der Waals surface area (Å²) in [5.74, 6) is 0.884. The van der Waals surface area contributed by atoms with E-state index >= 15 is 0 Å². The predicted molar refractivity (Wildman–Crippen MR) is 136 cm³/mol. The second-order valence-corrected chi connectivity index (χ2v) is 8.82. The largest absolute Gasteiger partial charge is 0.494 e. The van der Waals surface area contributed by atoms with Crippen molar-refractivity contribution in [1.29, 1.82) is 0 Å². The fourth-order valence-corrected chi connectivity index (χ4v) is 5.18. The van der Waals surface area contributed by atoms with E-state index in [9.17, 15) is 9.59 Å². The summed E-state index contributed by atoms with van der Waals surface area (Å²) in [7, 11) is 3.20. The monoisotopic (exact) mass is 491 g/mol. The summed E-state index contributed by atoms with van der Waals surface area (Å²) < 4.78 is 22.2. The third-order valence-electron chi connectivity index (χ3n) is 6.73. The molecule has 2 aromatic carbocycles. The van der Waals surface area contributed by atoms with Gasteiger partial charge >= 0.3 is 5.97 Å². The molecule has 0 fully saturated rings. The van der Waals surface area contributed by atoms with E-state index in [0.29, 0.717) is 53.5 Å². The Bertz CT molecular complexity index is 1230. The van der Waals surface area contributed by atoms with Crippen LogP contribution < -0.4 is 19.5 Å². The maximum Gasteiger partial charge on any atom is 0.336 e. The molecule has 1 aliphatic heterocycles. The highest BCUT2D eigenvalue weighted by atomic mass is 16.5. The number of ether oxygens (including phenoxy) is 4. The number of dihydropyridines is 1. The van der Waals surface area contributed by atoms with Crippen LogP contribution >= 0.6 is 0 Å². The molecule has 0 spiro atoms. The second kappa shape index (κ2) is 10.9. The molecular formula is C29H33NO6. The molecule has 0 amide bonds. The zero-order chi connectivity index (χ0) is 25.8. The first-order valence-corrected chi connectivity index (χ1v) is 12.3. The van der Waals surface area contributed by atoms with Crippen molar-refractivity contribution in [2.24, 2.45) is 0 Å². The first kappa shape index (κ1) is 25.4. The van der Waals surface area contributed by atoms with Crippen LogP contribution in [0.15, 0.2) is 65.0 Å². The highest BCUT2D eigenvalue weighted by molar-refractivity contribution is 6.04. The molecule has 7 nitrogen and oxygen atoms in total. The number of allylic oxidation sites excluding steroid dienone is 3. The zero-order valence-corrected chi connectivity index (χ0v) is 21.5. The number of hydrogen-bond donors (Lipinski definition) is 1. The van der Waals surface area contributed by atoms with E-state index in [1.54, 1.807) is 21.1 Å². The van der Waals surface area contributed by atoms with Gasteiger partial charge in [-0.3, -0.25) is 4.79 Å². The van der Waals surface area contributed by atoms with E-state index < -0.39 is 11.9 Å². The van der Waals surface area contributed by atoms with Crippen LogP contribution in [0, 0.1) is 0 Å². The van der Waals surface area contributed by atoms with Gasteiger partial charge in [-0.25, -0.2) is 4.79 Å². The Morgan fingerprint density at radius 3 is 2.42 bits per heavy atom. The molecule has 1 heterocycles. The van der Waals surface area contributed by atoms with Crippen LogP contribution in [0.2, 0.25) is 0 Å².